The second-order valence-corrected chi connectivity index (χ2v) is 8.06. The van der Waals surface area contributed by atoms with Gasteiger partial charge in [-0.25, -0.2) is 19.7 Å². The molecule has 8 nitrogen and oxygen atoms in total. The van der Waals surface area contributed by atoms with Gasteiger partial charge in [0, 0.05) is 63.0 Å². The zero-order valence-electron chi connectivity index (χ0n) is 18.9. The van der Waals surface area contributed by atoms with E-state index in [2.05, 4.69) is 54.3 Å². The summed E-state index contributed by atoms with van der Waals surface area (Å²) in [4.78, 5) is 29.0. The Kier molecular flexibility index (Phi) is 6.95. The van der Waals surface area contributed by atoms with Crippen molar-refractivity contribution in [2.75, 3.05) is 43.0 Å². The number of rotatable bonds is 7. The Bertz CT molecular complexity index is 1140. The van der Waals surface area contributed by atoms with Crippen LogP contribution >= 0.6 is 0 Å². The van der Waals surface area contributed by atoms with Gasteiger partial charge in [-0.1, -0.05) is 18.2 Å². The third-order valence-corrected chi connectivity index (χ3v) is 5.63. The number of hydrogen-bond acceptors (Lipinski definition) is 7. The number of carboxylic acid groups (broad SMARTS) is 1. The molecule has 1 aromatic carbocycles. The van der Waals surface area contributed by atoms with Gasteiger partial charge in [0.25, 0.3) is 0 Å². The van der Waals surface area contributed by atoms with Gasteiger partial charge < -0.3 is 20.2 Å². The molecule has 3 heterocycles. The molecule has 0 spiro atoms. The highest BCUT2D eigenvalue weighted by Gasteiger charge is 2.21. The van der Waals surface area contributed by atoms with Gasteiger partial charge in [-0.3, -0.25) is 0 Å². The zero-order valence-corrected chi connectivity index (χ0v) is 18.9. The van der Waals surface area contributed by atoms with Crippen molar-refractivity contribution in [3.8, 4) is 11.1 Å². The standard InChI is InChI=1S/C25H28N6O2/c1-18-12-20(6-7-23(32)33)15-27-24(18)30-8-10-31(11-9-30)25-28-16-22(17-29-25)21-5-3-4-19(13-21)14-26-2/h3-7,12-13,15-17,26H,8-11,14H2,1-2H3,(H,32,33)/b7-6+. The predicted molar refractivity (Wildman–Crippen MR) is 130 cm³/mol. The van der Waals surface area contributed by atoms with Crippen LogP contribution < -0.4 is 15.1 Å². The van der Waals surface area contributed by atoms with E-state index in [-0.39, 0.29) is 0 Å². The summed E-state index contributed by atoms with van der Waals surface area (Å²) in [6, 6.07) is 10.4. The number of carboxylic acids is 1. The van der Waals surface area contributed by atoms with Crippen LogP contribution in [0.15, 0.2) is 55.0 Å². The fourth-order valence-corrected chi connectivity index (χ4v) is 4.00. The molecule has 2 aromatic heterocycles. The summed E-state index contributed by atoms with van der Waals surface area (Å²) in [6.45, 7) is 6.07. The van der Waals surface area contributed by atoms with Crippen LogP contribution in [-0.2, 0) is 11.3 Å². The number of nitrogens with zero attached hydrogens (tertiary/aromatic N) is 5. The number of anilines is 2. The Hall–Kier alpha value is -3.78. The van der Waals surface area contributed by atoms with Gasteiger partial charge in [-0.15, -0.1) is 0 Å². The summed E-state index contributed by atoms with van der Waals surface area (Å²) >= 11 is 0. The summed E-state index contributed by atoms with van der Waals surface area (Å²) in [5.74, 6) is 0.703. The normalized spacial score (nSPS) is 14.1. The molecular formula is C25H28N6O2. The average molecular weight is 445 g/mol. The summed E-state index contributed by atoms with van der Waals surface area (Å²) in [6.07, 6.45) is 8.17. The Morgan fingerprint density at radius 3 is 2.42 bits per heavy atom. The van der Waals surface area contributed by atoms with Crippen LogP contribution in [0.3, 0.4) is 0 Å². The Balaban J connectivity index is 1.39. The third-order valence-electron chi connectivity index (χ3n) is 5.63. The Labute approximate surface area is 193 Å². The van der Waals surface area contributed by atoms with E-state index < -0.39 is 5.97 Å². The number of nitrogens with one attached hydrogen (secondary N) is 1. The monoisotopic (exact) mass is 444 g/mol. The minimum atomic E-state index is -0.967. The highest BCUT2D eigenvalue weighted by Crippen LogP contribution is 2.23. The van der Waals surface area contributed by atoms with Crippen molar-refractivity contribution in [3.05, 3.63) is 71.7 Å². The first-order valence-corrected chi connectivity index (χ1v) is 11.0. The summed E-state index contributed by atoms with van der Waals surface area (Å²) < 4.78 is 0. The zero-order chi connectivity index (χ0) is 23.2. The second-order valence-electron chi connectivity index (χ2n) is 8.06. The Morgan fingerprint density at radius 1 is 1.03 bits per heavy atom. The minimum absolute atomic E-state index is 0.739. The number of hydrogen-bond donors (Lipinski definition) is 2. The maximum atomic E-state index is 10.7. The van der Waals surface area contributed by atoms with E-state index in [9.17, 15) is 4.79 Å². The van der Waals surface area contributed by atoms with E-state index in [1.54, 1.807) is 12.3 Å². The number of aromatic nitrogens is 3. The molecular weight excluding hydrogens is 416 g/mol. The van der Waals surface area contributed by atoms with E-state index in [1.807, 2.05) is 32.4 Å². The molecule has 0 unspecified atom stereocenters. The molecule has 1 saturated heterocycles. The molecule has 0 bridgehead atoms. The third kappa shape index (κ3) is 5.53. The molecule has 8 heteroatoms. The summed E-state index contributed by atoms with van der Waals surface area (Å²) in [5.41, 5.74) is 5.15. The van der Waals surface area contributed by atoms with Crippen LogP contribution in [0.25, 0.3) is 17.2 Å². The van der Waals surface area contributed by atoms with E-state index in [4.69, 9.17) is 5.11 Å². The van der Waals surface area contributed by atoms with Gasteiger partial charge in [0.15, 0.2) is 0 Å². The second kappa shape index (κ2) is 10.2. The SMILES string of the molecule is CNCc1cccc(-c2cnc(N3CCN(c4ncc(/C=C/C(=O)O)cc4C)CC3)nc2)c1. The van der Waals surface area contributed by atoms with Gasteiger partial charge in [0.1, 0.15) is 5.82 Å². The topological polar surface area (TPSA) is 94.5 Å². The van der Waals surface area contributed by atoms with Crippen molar-refractivity contribution in [1.29, 1.82) is 0 Å². The van der Waals surface area contributed by atoms with Crippen molar-refractivity contribution < 1.29 is 9.90 Å². The fraction of sp³-hybridized carbons (Fsp3) is 0.280. The molecule has 3 aromatic rings. The predicted octanol–water partition coefficient (Wildman–Crippen LogP) is 2.99. The smallest absolute Gasteiger partial charge is 0.328 e. The lowest BCUT2D eigenvalue weighted by molar-refractivity contribution is -0.131. The van der Waals surface area contributed by atoms with E-state index in [1.165, 1.54) is 5.56 Å². The van der Waals surface area contributed by atoms with Crippen LogP contribution in [0.1, 0.15) is 16.7 Å². The molecule has 0 atom stereocenters. The fourth-order valence-electron chi connectivity index (χ4n) is 4.00. The lowest BCUT2D eigenvalue weighted by Crippen LogP contribution is -2.47. The molecule has 1 fully saturated rings. The first-order chi connectivity index (χ1) is 16.0. The van der Waals surface area contributed by atoms with Gasteiger partial charge in [0.05, 0.1) is 0 Å². The molecule has 0 saturated carbocycles. The maximum absolute atomic E-state index is 10.7. The molecule has 1 aliphatic heterocycles. The molecule has 2 N–H and O–H groups in total. The average Bonchev–Trinajstić information content (AvgIpc) is 2.83. The number of aryl methyl sites for hydroxylation is 1. The summed E-state index contributed by atoms with van der Waals surface area (Å²) in [5, 5.41) is 12.0. The van der Waals surface area contributed by atoms with Crippen molar-refractivity contribution in [2.45, 2.75) is 13.5 Å². The number of carbonyl (C=O) groups is 1. The molecule has 170 valence electrons. The Morgan fingerprint density at radius 2 is 1.76 bits per heavy atom. The van der Waals surface area contributed by atoms with Crippen molar-refractivity contribution in [1.82, 2.24) is 20.3 Å². The number of piperazine rings is 1. The lowest BCUT2D eigenvalue weighted by atomic mass is 10.1. The molecule has 0 radical (unpaired) electrons. The van der Waals surface area contributed by atoms with Crippen molar-refractivity contribution in [2.24, 2.45) is 0 Å². The van der Waals surface area contributed by atoms with Crippen LogP contribution in [0.5, 0.6) is 0 Å². The number of aliphatic carboxylic acids is 1. The largest absolute Gasteiger partial charge is 0.478 e. The highest BCUT2D eigenvalue weighted by molar-refractivity contribution is 5.85. The van der Waals surface area contributed by atoms with Crippen LogP contribution in [0.2, 0.25) is 0 Å². The summed E-state index contributed by atoms with van der Waals surface area (Å²) in [7, 11) is 1.94. The molecule has 1 aliphatic rings. The quantitative estimate of drug-likeness (QED) is 0.537. The molecule has 4 rings (SSSR count). The van der Waals surface area contributed by atoms with Crippen LogP contribution in [0.4, 0.5) is 11.8 Å². The molecule has 33 heavy (non-hydrogen) atoms. The van der Waals surface area contributed by atoms with Crippen LogP contribution in [0, 0.1) is 6.92 Å². The van der Waals surface area contributed by atoms with Crippen LogP contribution in [-0.4, -0.2) is 59.3 Å². The number of benzene rings is 1. The van der Waals surface area contributed by atoms with Crippen molar-refractivity contribution in [3.63, 3.8) is 0 Å². The van der Waals surface area contributed by atoms with E-state index in [0.29, 0.717) is 0 Å². The van der Waals surface area contributed by atoms with E-state index >= 15 is 0 Å². The van der Waals surface area contributed by atoms with Crippen molar-refractivity contribution >= 4 is 23.8 Å². The molecule has 0 aliphatic carbocycles. The maximum Gasteiger partial charge on any atom is 0.328 e. The van der Waals surface area contributed by atoms with Gasteiger partial charge >= 0.3 is 5.97 Å². The molecule has 0 amide bonds. The first-order valence-electron chi connectivity index (χ1n) is 11.0. The number of pyridine rings is 1. The first kappa shape index (κ1) is 22.4. The van der Waals surface area contributed by atoms with E-state index in [0.717, 1.165) is 72.8 Å². The van der Waals surface area contributed by atoms with Gasteiger partial charge in [0.2, 0.25) is 5.95 Å². The van der Waals surface area contributed by atoms with Gasteiger partial charge in [-0.05, 0) is 54.4 Å². The van der Waals surface area contributed by atoms with Gasteiger partial charge in [-0.2, -0.15) is 0 Å². The highest BCUT2D eigenvalue weighted by atomic mass is 16.4. The lowest BCUT2D eigenvalue weighted by Gasteiger charge is -2.36. The minimum Gasteiger partial charge on any atom is -0.478 e.